The van der Waals surface area contributed by atoms with Crippen molar-refractivity contribution >= 4 is 0 Å². The number of ether oxygens (including phenoxy) is 2. The van der Waals surface area contributed by atoms with Gasteiger partial charge in [0.05, 0.1) is 19.3 Å². The average molecular weight is 347 g/mol. The highest BCUT2D eigenvalue weighted by Crippen LogP contribution is 2.57. The molecule has 0 heterocycles. The van der Waals surface area contributed by atoms with Crippen LogP contribution in [0.3, 0.4) is 0 Å². The van der Waals surface area contributed by atoms with Gasteiger partial charge in [-0.3, -0.25) is 0 Å². The Bertz CT molecular complexity index is 618. The predicted molar refractivity (Wildman–Crippen MR) is 94.8 cm³/mol. The molecule has 4 fully saturated rings. The Balaban J connectivity index is 1.44. The zero-order chi connectivity index (χ0) is 17.5. The third-order valence-corrected chi connectivity index (χ3v) is 6.27. The first kappa shape index (κ1) is 17.1. The Morgan fingerprint density at radius 1 is 1.16 bits per heavy atom. The molecule has 4 bridgehead atoms. The molecule has 5 heteroatoms. The number of rotatable bonds is 7. The van der Waals surface area contributed by atoms with Gasteiger partial charge in [-0.2, -0.15) is 0 Å². The zero-order valence-corrected chi connectivity index (χ0v) is 15.0. The number of aliphatic hydroxyl groups excluding tert-OH is 1. The van der Waals surface area contributed by atoms with E-state index in [0.29, 0.717) is 23.3 Å². The summed E-state index contributed by atoms with van der Waals surface area (Å²) in [6.45, 7) is 1.02. The van der Waals surface area contributed by atoms with Crippen molar-refractivity contribution in [1.82, 2.24) is 5.32 Å². The molecule has 0 aliphatic heterocycles. The number of aliphatic hydroxyl groups is 2. The minimum atomic E-state index is -0.434. The molecule has 4 saturated carbocycles. The van der Waals surface area contributed by atoms with Gasteiger partial charge in [-0.15, -0.1) is 0 Å². The second kappa shape index (κ2) is 6.45. The van der Waals surface area contributed by atoms with E-state index in [4.69, 9.17) is 14.6 Å². The van der Waals surface area contributed by atoms with Gasteiger partial charge in [0.15, 0.2) is 11.5 Å². The van der Waals surface area contributed by atoms with Crippen LogP contribution in [0.25, 0.3) is 0 Å². The van der Waals surface area contributed by atoms with Crippen LogP contribution in [0.1, 0.15) is 44.1 Å². The van der Waals surface area contributed by atoms with Crippen LogP contribution in [-0.4, -0.2) is 41.7 Å². The molecule has 1 aromatic rings. The van der Waals surface area contributed by atoms with Gasteiger partial charge in [-0.05, 0) is 68.1 Å². The summed E-state index contributed by atoms with van der Waals surface area (Å²) in [4.78, 5) is 0. The van der Waals surface area contributed by atoms with Gasteiger partial charge in [-0.1, -0.05) is 6.07 Å². The molecule has 25 heavy (non-hydrogen) atoms. The van der Waals surface area contributed by atoms with Gasteiger partial charge in [0.1, 0.15) is 6.61 Å². The van der Waals surface area contributed by atoms with Crippen molar-refractivity contribution in [3.05, 3.63) is 23.8 Å². The largest absolute Gasteiger partial charge is 0.493 e. The number of benzene rings is 1. The summed E-state index contributed by atoms with van der Waals surface area (Å²) < 4.78 is 10.9. The molecule has 0 radical (unpaired) electrons. The van der Waals surface area contributed by atoms with Gasteiger partial charge < -0.3 is 25.0 Å². The van der Waals surface area contributed by atoms with Gasteiger partial charge in [0, 0.05) is 12.1 Å². The van der Waals surface area contributed by atoms with Crippen LogP contribution in [0.2, 0.25) is 0 Å². The first-order valence-corrected chi connectivity index (χ1v) is 9.41. The van der Waals surface area contributed by atoms with E-state index in [-0.39, 0.29) is 18.8 Å². The summed E-state index contributed by atoms with van der Waals surface area (Å²) >= 11 is 0. The van der Waals surface area contributed by atoms with Gasteiger partial charge >= 0.3 is 0 Å². The summed E-state index contributed by atoms with van der Waals surface area (Å²) in [5.74, 6) is 2.71. The van der Waals surface area contributed by atoms with E-state index in [9.17, 15) is 5.11 Å². The molecular weight excluding hydrogens is 318 g/mol. The van der Waals surface area contributed by atoms with Crippen molar-refractivity contribution in [3.63, 3.8) is 0 Å². The molecule has 2 unspecified atom stereocenters. The number of methoxy groups -OCH3 is 1. The zero-order valence-electron chi connectivity index (χ0n) is 15.0. The van der Waals surface area contributed by atoms with Crippen molar-refractivity contribution in [2.45, 2.75) is 56.2 Å². The van der Waals surface area contributed by atoms with E-state index in [1.54, 1.807) is 7.11 Å². The van der Waals surface area contributed by atoms with E-state index >= 15 is 0 Å². The lowest BCUT2D eigenvalue weighted by Crippen LogP contribution is -2.64. The van der Waals surface area contributed by atoms with Crippen LogP contribution < -0.4 is 14.8 Å². The Morgan fingerprint density at radius 3 is 2.56 bits per heavy atom. The van der Waals surface area contributed by atoms with Crippen LogP contribution in [0.5, 0.6) is 11.5 Å². The summed E-state index contributed by atoms with van der Waals surface area (Å²) in [6.07, 6.45) is 6.58. The fourth-order valence-corrected chi connectivity index (χ4v) is 5.81. The SMILES string of the molecule is COc1cc(CNC23CC4CC(CC(O)(C4)C2)C3)ccc1OCCO. The van der Waals surface area contributed by atoms with Crippen molar-refractivity contribution in [1.29, 1.82) is 0 Å². The van der Waals surface area contributed by atoms with Gasteiger partial charge in [0.2, 0.25) is 0 Å². The second-order valence-corrected chi connectivity index (χ2v) is 8.38. The Morgan fingerprint density at radius 2 is 1.92 bits per heavy atom. The molecule has 5 nitrogen and oxygen atoms in total. The standard InChI is InChI=1S/C20H29NO4/c1-24-18-7-14(2-3-17(18)25-5-4-22)12-21-19-8-15-6-16(9-19)11-20(23,10-15)13-19/h2-3,7,15-16,21-23H,4-6,8-13H2,1H3. The maximum atomic E-state index is 10.9. The smallest absolute Gasteiger partial charge is 0.161 e. The first-order valence-electron chi connectivity index (χ1n) is 9.41. The highest BCUT2D eigenvalue weighted by molar-refractivity contribution is 5.43. The van der Waals surface area contributed by atoms with Gasteiger partial charge in [-0.25, -0.2) is 0 Å². The van der Waals surface area contributed by atoms with Crippen LogP contribution in [0, 0.1) is 11.8 Å². The summed E-state index contributed by atoms with van der Waals surface area (Å²) in [6, 6.07) is 5.94. The molecule has 2 atom stereocenters. The average Bonchev–Trinajstić information content (AvgIpc) is 2.56. The fraction of sp³-hybridized carbons (Fsp3) is 0.700. The van der Waals surface area contributed by atoms with Crippen LogP contribution in [0.15, 0.2) is 18.2 Å². The Kier molecular flexibility index (Phi) is 4.42. The Labute approximate surface area is 149 Å². The molecule has 4 aliphatic carbocycles. The molecule has 0 saturated heterocycles. The van der Waals surface area contributed by atoms with Crippen molar-refractivity contribution in [2.75, 3.05) is 20.3 Å². The first-order chi connectivity index (χ1) is 12.0. The van der Waals surface area contributed by atoms with Gasteiger partial charge in [0.25, 0.3) is 0 Å². The van der Waals surface area contributed by atoms with Crippen LogP contribution >= 0.6 is 0 Å². The third-order valence-electron chi connectivity index (χ3n) is 6.27. The third kappa shape index (κ3) is 3.37. The highest BCUT2D eigenvalue weighted by atomic mass is 16.5. The molecule has 1 aromatic carbocycles. The van der Waals surface area contributed by atoms with Crippen molar-refractivity contribution < 1.29 is 19.7 Å². The van der Waals surface area contributed by atoms with Crippen LogP contribution in [-0.2, 0) is 6.54 Å². The number of nitrogens with one attached hydrogen (secondary N) is 1. The maximum Gasteiger partial charge on any atom is 0.161 e. The van der Waals surface area contributed by atoms with Crippen molar-refractivity contribution in [3.8, 4) is 11.5 Å². The fourth-order valence-electron chi connectivity index (χ4n) is 5.81. The quantitative estimate of drug-likeness (QED) is 0.706. The monoisotopic (exact) mass is 347 g/mol. The summed E-state index contributed by atoms with van der Waals surface area (Å²) in [7, 11) is 1.63. The lowest BCUT2D eigenvalue weighted by molar-refractivity contribution is -0.142. The number of hydrogen-bond donors (Lipinski definition) is 3. The Hall–Kier alpha value is -1.30. The number of hydrogen-bond acceptors (Lipinski definition) is 5. The molecular formula is C20H29NO4. The molecule has 0 spiro atoms. The normalized spacial score (nSPS) is 35.8. The molecule has 0 aromatic heterocycles. The van der Waals surface area contributed by atoms with Crippen LogP contribution in [0.4, 0.5) is 0 Å². The summed E-state index contributed by atoms with van der Waals surface area (Å²) in [5, 5.41) is 23.6. The predicted octanol–water partition coefficient (Wildman–Crippen LogP) is 2.24. The molecule has 5 rings (SSSR count). The lowest BCUT2D eigenvalue weighted by Gasteiger charge is -2.60. The van der Waals surface area contributed by atoms with E-state index in [1.165, 1.54) is 19.3 Å². The highest BCUT2D eigenvalue weighted by Gasteiger charge is 2.56. The van der Waals surface area contributed by atoms with E-state index in [2.05, 4.69) is 5.32 Å². The minimum Gasteiger partial charge on any atom is -0.493 e. The van der Waals surface area contributed by atoms with E-state index in [1.807, 2.05) is 18.2 Å². The second-order valence-electron chi connectivity index (χ2n) is 8.38. The minimum absolute atomic E-state index is 0.0137. The topological polar surface area (TPSA) is 71.0 Å². The lowest BCUT2D eigenvalue weighted by atomic mass is 9.51. The molecule has 4 aliphatic rings. The molecule has 3 N–H and O–H groups in total. The molecule has 138 valence electrons. The molecule has 0 amide bonds. The van der Waals surface area contributed by atoms with E-state index < -0.39 is 5.60 Å². The summed E-state index contributed by atoms with van der Waals surface area (Å²) in [5.41, 5.74) is 0.811. The van der Waals surface area contributed by atoms with Crippen molar-refractivity contribution in [2.24, 2.45) is 11.8 Å². The maximum absolute atomic E-state index is 10.9. The van der Waals surface area contributed by atoms with E-state index in [0.717, 1.165) is 31.4 Å².